The maximum absolute atomic E-state index is 13.1. The molecule has 0 saturated heterocycles. The van der Waals surface area contributed by atoms with Crippen molar-refractivity contribution in [1.82, 2.24) is 20.1 Å². The number of imidazole rings is 1. The van der Waals surface area contributed by atoms with E-state index in [1.807, 2.05) is 0 Å². The molecular weight excluding hydrogens is 273 g/mol. The minimum absolute atomic E-state index is 0.295. The molecule has 0 aliphatic carbocycles. The van der Waals surface area contributed by atoms with E-state index >= 15 is 0 Å². The van der Waals surface area contributed by atoms with Crippen molar-refractivity contribution in [1.29, 1.82) is 0 Å². The van der Waals surface area contributed by atoms with E-state index in [0.29, 0.717) is 18.1 Å². The smallest absolute Gasteiger partial charge is 0.244 e. The Morgan fingerprint density at radius 3 is 3.00 bits per heavy atom. The fraction of sp³-hybridized carbons (Fsp3) is 0.214. The van der Waals surface area contributed by atoms with Gasteiger partial charge in [0.15, 0.2) is 0 Å². The zero-order chi connectivity index (χ0) is 14.8. The van der Waals surface area contributed by atoms with Crippen LogP contribution >= 0.6 is 0 Å². The van der Waals surface area contributed by atoms with Crippen LogP contribution in [0.4, 0.5) is 4.39 Å². The van der Waals surface area contributed by atoms with Crippen LogP contribution in [0.1, 0.15) is 23.2 Å². The lowest BCUT2D eigenvalue weighted by Crippen LogP contribution is -2.14. The monoisotopic (exact) mass is 287 g/mol. The van der Waals surface area contributed by atoms with Crippen LogP contribution in [-0.4, -0.2) is 20.1 Å². The van der Waals surface area contributed by atoms with Gasteiger partial charge < -0.3 is 15.2 Å². The Hall–Kier alpha value is -2.54. The predicted molar refractivity (Wildman–Crippen MR) is 73.6 cm³/mol. The Morgan fingerprint density at radius 1 is 1.43 bits per heavy atom. The van der Waals surface area contributed by atoms with Gasteiger partial charge in [0.25, 0.3) is 0 Å². The highest BCUT2D eigenvalue weighted by atomic mass is 19.1. The number of rotatable bonds is 4. The van der Waals surface area contributed by atoms with E-state index in [1.54, 1.807) is 25.5 Å². The first kappa shape index (κ1) is 13.4. The second-order valence-electron chi connectivity index (χ2n) is 4.80. The van der Waals surface area contributed by atoms with Gasteiger partial charge in [-0.25, -0.2) is 9.37 Å². The molecular formula is C14H14FN5O. The van der Waals surface area contributed by atoms with Gasteiger partial charge in [0.2, 0.25) is 11.7 Å². The molecule has 3 aromatic rings. The summed E-state index contributed by atoms with van der Waals surface area (Å²) in [6.45, 7) is 1.79. The number of H-pyrrole nitrogens is 1. The average molecular weight is 287 g/mol. The molecule has 0 aliphatic rings. The highest BCUT2D eigenvalue weighted by molar-refractivity contribution is 5.59. The molecule has 0 radical (unpaired) electrons. The molecule has 21 heavy (non-hydrogen) atoms. The molecule has 0 saturated carbocycles. The average Bonchev–Trinajstić information content (AvgIpc) is 3.09. The van der Waals surface area contributed by atoms with Crippen molar-refractivity contribution in [3.8, 4) is 11.4 Å². The number of halogens is 1. The van der Waals surface area contributed by atoms with Gasteiger partial charge in [-0.05, 0) is 30.7 Å². The first-order chi connectivity index (χ1) is 10.1. The van der Waals surface area contributed by atoms with Gasteiger partial charge >= 0.3 is 0 Å². The SMILES string of the molecule is Cc1cc(F)ccc1-c1noc(C(N)Cc2cnc[nH]2)n1. The number of benzene rings is 1. The van der Waals surface area contributed by atoms with Crippen molar-refractivity contribution in [2.75, 3.05) is 0 Å². The highest BCUT2D eigenvalue weighted by Crippen LogP contribution is 2.23. The van der Waals surface area contributed by atoms with Gasteiger partial charge in [-0.3, -0.25) is 0 Å². The summed E-state index contributed by atoms with van der Waals surface area (Å²) in [5.74, 6) is 0.446. The summed E-state index contributed by atoms with van der Waals surface area (Å²) in [5, 5.41) is 3.91. The number of nitrogens with two attached hydrogens (primary N) is 1. The molecule has 3 N–H and O–H groups in total. The minimum atomic E-state index is -0.424. The molecule has 6 nitrogen and oxygen atoms in total. The van der Waals surface area contributed by atoms with E-state index in [9.17, 15) is 4.39 Å². The topological polar surface area (TPSA) is 93.6 Å². The quantitative estimate of drug-likeness (QED) is 0.766. The zero-order valence-electron chi connectivity index (χ0n) is 11.4. The Morgan fingerprint density at radius 2 is 2.29 bits per heavy atom. The van der Waals surface area contributed by atoms with Crippen LogP contribution in [0, 0.1) is 12.7 Å². The van der Waals surface area contributed by atoms with E-state index in [-0.39, 0.29) is 5.82 Å². The van der Waals surface area contributed by atoms with E-state index in [1.165, 1.54) is 12.1 Å². The molecule has 3 rings (SSSR count). The van der Waals surface area contributed by atoms with E-state index in [0.717, 1.165) is 16.8 Å². The molecule has 2 heterocycles. The lowest BCUT2D eigenvalue weighted by molar-refractivity contribution is 0.354. The molecule has 0 bridgehead atoms. The largest absolute Gasteiger partial charge is 0.348 e. The van der Waals surface area contributed by atoms with Crippen LogP contribution < -0.4 is 5.73 Å². The maximum atomic E-state index is 13.1. The Balaban J connectivity index is 1.82. The molecule has 7 heteroatoms. The molecule has 1 aromatic carbocycles. The predicted octanol–water partition coefficient (Wildman–Crippen LogP) is 2.15. The summed E-state index contributed by atoms with van der Waals surface area (Å²) in [6, 6.07) is 3.99. The molecule has 1 unspecified atom stereocenters. The lowest BCUT2D eigenvalue weighted by Gasteiger charge is -2.03. The van der Waals surface area contributed by atoms with Crippen molar-refractivity contribution in [2.24, 2.45) is 5.73 Å². The molecule has 0 fully saturated rings. The zero-order valence-corrected chi connectivity index (χ0v) is 11.4. The number of nitrogens with one attached hydrogen (secondary N) is 1. The van der Waals surface area contributed by atoms with Crippen LogP contribution in [0.3, 0.4) is 0 Å². The van der Waals surface area contributed by atoms with E-state index in [2.05, 4.69) is 20.1 Å². The highest BCUT2D eigenvalue weighted by Gasteiger charge is 2.17. The minimum Gasteiger partial charge on any atom is -0.348 e. The second kappa shape index (κ2) is 5.45. The number of aromatic amines is 1. The second-order valence-corrected chi connectivity index (χ2v) is 4.80. The number of aryl methyl sites for hydroxylation is 1. The number of hydrogen-bond donors (Lipinski definition) is 2. The third-order valence-electron chi connectivity index (χ3n) is 3.18. The van der Waals surface area contributed by atoms with Crippen LogP contribution in [0.5, 0.6) is 0 Å². The summed E-state index contributed by atoms with van der Waals surface area (Å²) in [7, 11) is 0. The molecule has 108 valence electrons. The normalized spacial score (nSPS) is 12.5. The van der Waals surface area contributed by atoms with Crippen LogP contribution in [0.15, 0.2) is 35.2 Å². The van der Waals surface area contributed by atoms with Crippen molar-refractivity contribution >= 4 is 0 Å². The molecule has 0 aliphatic heterocycles. The van der Waals surface area contributed by atoms with Crippen LogP contribution in [0.25, 0.3) is 11.4 Å². The van der Waals surface area contributed by atoms with E-state index in [4.69, 9.17) is 10.3 Å². The molecule has 2 aromatic heterocycles. The first-order valence-corrected chi connectivity index (χ1v) is 6.46. The molecule has 0 spiro atoms. The lowest BCUT2D eigenvalue weighted by atomic mass is 10.1. The fourth-order valence-electron chi connectivity index (χ4n) is 2.09. The van der Waals surface area contributed by atoms with Crippen molar-refractivity contribution in [3.05, 3.63) is 53.7 Å². The van der Waals surface area contributed by atoms with Crippen molar-refractivity contribution in [3.63, 3.8) is 0 Å². The van der Waals surface area contributed by atoms with Crippen LogP contribution in [-0.2, 0) is 6.42 Å². The maximum Gasteiger partial charge on any atom is 0.244 e. The van der Waals surface area contributed by atoms with Crippen LogP contribution in [0.2, 0.25) is 0 Å². The molecule has 1 atom stereocenters. The fourth-order valence-corrected chi connectivity index (χ4v) is 2.09. The Bertz CT molecular complexity index is 738. The van der Waals surface area contributed by atoms with Gasteiger partial charge in [0, 0.05) is 23.9 Å². The van der Waals surface area contributed by atoms with E-state index < -0.39 is 6.04 Å². The first-order valence-electron chi connectivity index (χ1n) is 6.46. The van der Waals surface area contributed by atoms with Gasteiger partial charge in [-0.1, -0.05) is 5.16 Å². The van der Waals surface area contributed by atoms with Gasteiger partial charge in [0.1, 0.15) is 5.82 Å². The summed E-state index contributed by atoms with van der Waals surface area (Å²) in [4.78, 5) is 11.2. The summed E-state index contributed by atoms with van der Waals surface area (Å²) >= 11 is 0. The third kappa shape index (κ3) is 2.82. The Labute approximate surface area is 120 Å². The third-order valence-corrected chi connectivity index (χ3v) is 3.18. The summed E-state index contributed by atoms with van der Waals surface area (Å²) in [6.07, 6.45) is 3.80. The number of hydrogen-bond acceptors (Lipinski definition) is 5. The number of aromatic nitrogens is 4. The van der Waals surface area contributed by atoms with Gasteiger partial charge in [-0.2, -0.15) is 4.98 Å². The standard InChI is InChI=1S/C14H14FN5O/c1-8-4-9(15)2-3-11(8)13-19-14(21-20-13)12(16)5-10-6-17-7-18-10/h2-4,6-7,12H,5,16H2,1H3,(H,17,18). The summed E-state index contributed by atoms with van der Waals surface area (Å²) < 4.78 is 18.3. The molecule has 0 amide bonds. The van der Waals surface area contributed by atoms with Gasteiger partial charge in [-0.15, -0.1) is 0 Å². The number of nitrogens with zero attached hydrogens (tertiary/aromatic N) is 3. The Kier molecular flexibility index (Phi) is 3.49. The van der Waals surface area contributed by atoms with Gasteiger partial charge in [0.05, 0.1) is 12.4 Å². The van der Waals surface area contributed by atoms with Crippen molar-refractivity contribution in [2.45, 2.75) is 19.4 Å². The summed E-state index contributed by atoms with van der Waals surface area (Å²) in [5.41, 5.74) is 8.39. The van der Waals surface area contributed by atoms with Crippen molar-refractivity contribution < 1.29 is 8.91 Å².